The maximum absolute atomic E-state index is 10.4. The van der Waals surface area contributed by atoms with E-state index in [0.717, 1.165) is 23.1 Å². The van der Waals surface area contributed by atoms with Crippen LogP contribution in [-0.4, -0.2) is 18.3 Å². The normalized spacial score (nSPS) is 15.0. The van der Waals surface area contributed by atoms with E-state index in [1.54, 1.807) is 18.4 Å². The zero-order valence-electron chi connectivity index (χ0n) is 10.2. The van der Waals surface area contributed by atoms with Crippen LogP contribution in [0.2, 0.25) is 0 Å². The van der Waals surface area contributed by atoms with E-state index >= 15 is 0 Å². The van der Waals surface area contributed by atoms with Crippen molar-refractivity contribution >= 4 is 21.4 Å². The van der Waals surface area contributed by atoms with Gasteiger partial charge in [0.05, 0.1) is 6.10 Å². The number of hydrogen-bond acceptors (Lipinski definition) is 3. The second-order valence-corrected chi connectivity index (χ2v) is 5.11. The maximum Gasteiger partial charge on any atom is 0.106 e. The van der Waals surface area contributed by atoms with E-state index in [2.05, 4.69) is 24.4 Å². The third-order valence-electron chi connectivity index (χ3n) is 3.06. The monoisotopic (exact) mass is 250 g/mol. The zero-order valence-corrected chi connectivity index (χ0v) is 11.0. The molecule has 1 aromatic heterocycles. The summed E-state index contributed by atoms with van der Waals surface area (Å²) in [7, 11) is 1.66. The van der Waals surface area contributed by atoms with Gasteiger partial charge in [-0.05, 0) is 23.3 Å². The Morgan fingerprint density at radius 2 is 2.18 bits per heavy atom. The number of fused-ring (bicyclic) bond motifs is 1. The van der Waals surface area contributed by atoms with Crippen molar-refractivity contribution in [1.29, 1.82) is 0 Å². The molecule has 1 heterocycles. The molecular weight excluding hydrogens is 232 g/mol. The van der Waals surface area contributed by atoms with Gasteiger partial charge in [-0.25, -0.2) is 0 Å². The molecule has 0 saturated heterocycles. The molecule has 0 bridgehead atoms. The van der Waals surface area contributed by atoms with Gasteiger partial charge in [-0.3, -0.25) is 0 Å². The summed E-state index contributed by atoms with van der Waals surface area (Å²) in [5.41, 5.74) is 0.984. The first-order valence-corrected chi connectivity index (χ1v) is 6.83. The molecule has 0 aliphatic heterocycles. The molecule has 2 nitrogen and oxygen atoms in total. The lowest BCUT2D eigenvalue weighted by Gasteiger charge is -2.21. The smallest absolute Gasteiger partial charge is 0.106 e. The second kappa shape index (κ2) is 5.63. The van der Waals surface area contributed by atoms with Crippen molar-refractivity contribution in [3.63, 3.8) is 0 Å². The van der Waals surface area contributed by atoms with Crippen molar-refractivity contribution in [3.8, 4) is 0 Å². The highest BCUT2D eigenvalue weighted by molar-refractivity contribution is 7.17. The first-order chi connectivity index (χ1) is 8.27. The average Bonchev–Trinajstić information content (AvgIpc) is 2.83. The largest absolute Gasteiger partial charge is 0.386 e. The van der Waals surface area contributed by atoms with Gasteiger partial charge in [0.15, 0.2) is 0 Å². The van der Waals surface area contributed by atoms with Crippen LogP contribution < -0.4 is 0 Å². The fourth-order valence-corrected chi connectivity index (χ4v) is 3.09. The quantitative estimate of drug-likeness (QED) is 0.875. The van der Waals surface area contributed by atoms with Crippen molar-refractivity contribution < 1.29 is 9.84 Å². The van der Waals surface area contributed by atoms with Crippen LogP contribution in [-0.2, 0) is 4.74 Å². The Balaban J connectivity index is 2.34. The second-order valence-electron chi connectivity index (χ2n) is 4.19. The number of aliphatic hydroxyl groups is 1. The molecule has 2 aromatic rings. The summed E-state index contributed by atoms with van der Waals surface area (Å²) in [6.07, 6.45) is 1.23. The zero-order chi connectivity index (χ0) is 12.3. The lowest BCUT2D eigenvalue weighted by Crippen LogP contribution is -2.20. The van der Waals surface area contributed by atoms with Crippen LogP contribution in [0.1, 0.15) is 31.4 Å². The minimum Gasteiger partial charge on any atom is -0.386 e. The first kappa shape index (κ1) is 12.6. The van der Waals surface area contributed by atoms with E-state index in [1.807, 2.05) is 12.1 Å². The molecule has 0 radical (unpaired) electrons. The van der Waals surface area contributed by atoms with Gasteiger partial charge in [-0.2, -0.15) is 0 Å². The van der Waals surface area contributed by atoms with Crippen molar-refractivity contribution in [2.45, 2.75) is 32.0 Å². The van der Waals surface area contributed by atoms with Gasteiger partial charge >= 0.3 is 0 Å². The molecule has 2 rings (SSSR count). The molecule has 0 amide bonds. The summed E-state index contributed by atoms with van der Waals surface area (Å²) in [5.74, 6) is 0. The highest BCUT2D eigenvalue weighted by Crippen LogP contribution is 2.32. The van der Waals surface area contributed by atoms with Gasteiger partial charge < -0.3 is 9.84 Å². The van der Waals surface area contributed by atoms with E-state index in [1.165, 1.54) is 5.39 Å². The highest BCUT2D eigenvalue weighted by Gasteiger charge is 2.21. The van der Waals surface area contributed by atoms with Crippen LogP contribution in [0.15, 0.2) is 29.6 Å². The molecule has 1 N–H and O–H groups in total. The Hall–Kier alpha value is -0.900. The molecule has 0 saturated carbocycles. The summed E-state index contributed by atoms with van der Waals surface area (Å²) in [4.78, 5) is 0. The van der Waals surface area contributed by atoms with E-state index in [9.17, 15) is 5.11 Å². The third kappa shape index (κ3) is 2.51. The lowest BCUT2D eigenvalue weighted by molar-refractivity contribution is -0.0172. The Kier molecular flexibility index (Phi) is 4.15. The fourth-order valence-electron chi connectivity index (χ4n) is 2.14. The predicted octanol–water partition coefficient (Wildman–Crippen LogP) is 3.75. The minimum absolute atomic E-state index is 0.118. The SMILES string of the molecule is CCCC(OC)C(O)c1cccc2ccsc12. The van der Waals surface area contributed by atoms with Gasteiger partial charge in [-0.1, -0.05) is 31.5 Å². The number of thiophene rings is 1. The molecule has 92 valence electrons. The first-order valence-electron chi connectivity index (χ1n) is 5.95. The number of methoxy groups -OCH3 is 1. The van der Waals surface area contributed by atoms with Gasteiger partial charge in [0, 0.05) is 17.4 Å². The van der Waals surface area contributed by atoms with Gasteiger partial charge in [0.2, 0.25) is 0 Å². The molecule has 0 fully saturated rings. The fraction of sp³-hybridized carbons (Fsp3) is 0.429. The van der Waals surface area contributed by atoms with Gasteiger partial charge in [0.1, 0.15) is 6.10 Å². The van der Waals surface area contributed by atoms with Crippen LogP contribution in [0, 0.1) is 0 Å². The Morgan fingerprint density at radius 3 is 2.88 bits per heavy atom. The number of rotatable bonds is 5. The molecule has 0 aliphatic carbocycles. The van der Waals surface area contributed by atoms with Crippen molar-refractivity contribution in [2.75, 3.05) is 7.11 Å². The topological polar surface area (TPSA) is 29.5 Å². The molecule has 1 aromatic carbocycles. The van der Waals surface area contributed by atoms with Gasteiger partial charge in [-0.15, -0.1) is 11.3 Å². The third-order valence-corrected chi connectivity index (χ3v) is 4.04. The number of benzene rings is 1. The van der Waals surface area contributed by atoms with Crippen LogP contribution in [0.3, 0.4) is 0 Å². The summed E-state index contributed by atoms with van der Waals surface area (Å²) < 4.78 is 6.55. The average molecular weight is 250 g/mol. The summed E-state index contributed by atoms with van der Waals surface area (Å²) >= 11 is 1.67. The lowest BCUT2D eigenvalue weighted by atomic mass is 10.00. The Bertz CT molecular complexity index is 478. The molecule has 2 unspecified atom stereocenters. The van der Waals surface area contributed by atoms with E-state index in [-0.39, 0.29) is 6.10 Å². The number of ether oxygens (including phenoxy) is 1. The summed E-state index contributed by atoms with van der Waals surface area (Å²) in [5, 5.41) is 13.7. The van der Waals surface area contributed by atoms with Crippen LogP contribution in [0.25, 0.3) is 10.1 Å². The van der Waals surface area contributed by atoms with Gasteiger partial charge in [0.25, 0.3) is 0 Å². The Morgan fingerprint density at radius 1 is 1.35 bits per heavy atom. The molecular formula is C14H18O2S. The molecule has 2 atom stereocenters. The van der Waals surface area contributed by atoms with E-state index in [0.29, 0.717) is 0 Å². The molecule has 0 spiro atoms. The minimum atomic E-state index is -0.540. The van der Waals surface area contributed by atoms with Crippen LogP contribution in [0.5, 0.6) is 0 Å². The van der Waals surface area contributed by atoms with Crippen LogP contribution in [0.4, 0.5) is 0 Å². The Labute approximate surface area is 106 Å². The van der Waals surface area contributed by atoms with Crippen molar-refractivity contribution in [1.82, 2.24) is 0 Å². The number of hydrogen-bond donors (Lipinski definition) is 1. The van der Waals surface area contributed by atoms with Crippen molar-refractivity contribution in [3.05, 3.63) is 35.2 Å². The molecule has 17 heavy (non-hydrogen) atoms. The van der Waals surface area contributed by atoms with E-state index < -0.39 is 6.10 Å². The van der Waals surface area contributed by atoms with Crippen molar-refractivity contribution in [2.24, 2.45) is 0 Å². The van der Waals surface area contributed by atoms with E-state index in [4.69, 9.17) is 4.74 Å². The molecule has 3 heteroatoms. The summed E-state index contributed by atoms with van der Waals surface area (Å²) in [6.45, 7) is 2.10. The summed E-state index contributed by atoms with van der Waals surface area (Å²) in [6, 6.07) is 8.14. The van der Waals surface area contributed by atoms with Crippen LogP contribution >= 0.6 is 11.3 Å². The predicted molar refractivity (Wildman–Crippen MR) is 72.5 cm³/mol. The number of aliphatic hydroxyl groups excluding tert-OH is 1. The standard InChI is InChI=1S/C14H18O2S/c1-3-5-12(16-2)13(15)11-7-4-6-10-8-9-17-14(10)11/h4,6-9,12-13,15H,3,5H2,1-2H3. The maximum atomic E-state index is 10.4. The highest BCUT2D eigenvalue weighted by atomic mass is 32.1. The molecule has 0 aliphatic rings.